The molecule has 0 spiro atoms. The lowest BCUT2D eigenvalue weighted by atomic mass is 9.96. The van der Waals surface area contributed by atoms with Gasteiger partial charge < -0.3 is 15.1 Å². The van der Waals surface area contributed by atoms with Gasteiger partial charge in [0, 0.05) is 32.6 Å². The van der Waals surface area contributed by atoms with Crippen LogP contribution in [-0.2, 0) is 0 Å². The van der Waals surface area contributed by atoms with Crippen LogP contribution in [0.3, 0.4) is 0 Å². The number of aromatic nitrogens is 2. The molecule has 0 saturated carbocycles. The highest BCUT2D eigenvalue weighted by molar-refractivity contribution is 5.99. The average Bonchev–Trinajstić information content (AvgIpc) is 3.16. The van der Waals surface area contributed by atoms with Gasteiger partial charge in [0.25, 0.3) is 5.91 Å². The fraction of sp³-hybridized carbons (Fsp3) is 0.500. The van der Waals surface area contributed by atoms with Gasteiger partial charge in [0.05, 0.1) is 12.2 Å². The van der Waals surface area contributed by atoms with E-state index in [1.165, 1.54) is 6.20 Å². The number of amides is 1. The minimum Gasteiger partial charge on any atom is -0.363 e. The molecule has 2 aliphatic heterocycles. The molecule has 0 radical (unpaired) electrons. The number of anilines is 1. The molecule has 1 amide bonds. The number of likely N-dealkylation sites (N-methyl/N-ethyl adjacent to an activating group) is 1. The second kappa shape index (κ2) is 7.70. The Balaban J connectivity index is 1.64. The van der Waals surface area contributed by atoms with E-state index >= 15 is 0 Å². The lowest BCUT2D eigenvalue weighted by Gasteiger charge is -2.36. The fourth-order valence-electron chi connectivity index (χ4n) is 4.06. The van der Waals surface area contributed by atoms with E-state index in [1.807, 2.05) is 6.07 Å². The molecule has 1 N–H and O–H groups in total. The van der Waals surface area contributed by atoms with E-state index in [0.29, 0.717) is 13.1 Å². The summed E-state index contributed by atoms with van der Waals surface area (Å²) in [5, 5.41) is 7.10. The van der Waals surface area contributed by atoms with Crippen molar-refractivity contribution in [3.8, 4) is 0 Å². The van der Waals surface area contributed by atoms with Gasteiger partial charge >= 0.3 is 6.18 Å². The molecule has 6 nitrogen and oxygen atoms in total. The minimum atomic E-state index is -4.46. The monoisotopic (exact) mass is 407 g/mol. The van der Waals surface area contributed by atoms with Gasteiger partial charge in [-0.2, -0.15) is 18.3 Å². The summed E-state index contributed by atoms with van der Waals surface area (Å²) in [4.78, 5) is 17.0. The smallest absolute Gasteiger partial charge is 0.363 e. The van der Waals surface area contributed by atoms with Crippen LogP contribution in [0.4, 0.5) is 19.0 Å². The zero-order chi connectivity index (χ0) is 20.6. The third kappa shape index (κ3) is 3.83. The maximum Gasteiger partial charge on any atom is 0.410 e. The number of carbonyl (C=O) groups is 1. The van der Waals surface area contributed by atoms with Gasteiger partial charge in [-0.15, -0.1) is 0 Å². The summed E-state index contributed by atoms with van der Waals surface area (Å²) in [6.45, 7) is 5.62. The zero-order valence-electron chi connectivity index (χ0n) is 16.2. The van der Waals surface area contributed by atoms with E-state index in [2.05, 4.69) is 22.2 Å². The highest BCUT2D eigenvalue weighted by atomic mass is 19.4. The molecule has 1 fully saturated rings. The molecule has 2 atom stereocenters. The quantitative estimate of drug-likeness (QED) is 0.848. The Morgan fingerprint density at radius 2 is 1.86 bits per heavy atom. The summed E-state index contributed by atoms with van der Waals surface area (Å²) in [6.07, 6.45) is -3.36. The Kier molecular flexibility index (Phi) is 5.24. The standard InChI is InChI=1S/C20H24F3N5O/c1-2-26-8-10-27(11-9-26)19(29)15-13-24-28-17(20(21,22)23)12-16(25-18(15)28)14-6-4-3-5-7-14/h3-7,13,16-17,25H,2,8-12H2,1H3/t16-,17+/m1/s1. The molecule has 0 unspecified atom stereocenters. The van der Waals surface area contributed by atoms with Crippen molar-refractivity contribution in [2.24, 2.45) is 0 Å². The molecule has 1 aromatic heterocycles. The maximum atomic E-state index is 13.8. The third-order valence-corrected chi connectivity index (χ3v) is 5.78. The Morgan fingerprint density at radius 1 is 1.17 bits per heavy atom. The number of nitrogens with zero attached hydrogens (tertiary/aromatic N) is 4. The predicted octanol–water partition coefficient (Wildman–Crippen LogP) is 3.32. The zero-order valence-corrected chi connectivity index (χ0v) is 16.2. The van der Waals surface area contributed by atoms with E-state index in [1.54, 1.807) is 29.2 Å². The molecule has 156 valence electrons. The van der Waals surface area contributed by atoms with Crippen molar-refractivity contribution < 1.29 is 18.0 Å². The number of fused-ring (bicyclic) bond motifs is 1. The topological polar surface area (TPSA) is 53.4 Å². The van der Waals surface area contributed by atoms with Crippen molar-refractivity contribution in [2.45, 2.75) is 31.6 Å². The Labute approximate surface area is 167 Å². The highest BCUT2D eigenvalue weighted by Gasteiger charge is 2.47. The Morgan fingerprint density at radius 3 is 2.48 bits per heavy atom. The molecule has 9 heteroatoms. The molecular weight excluding hydrogens is 383 g/mol. The van der Waals surface area contributed by atoms with E-state index in [4.69, 9.17) is 0 Å². The first-order valence-electron chi connectivity index (χ1n) is 9.85. The minimum absolute atomic E-state index is 0.148. The number of hydrogen-bond donors (Lipinski definition) is 1. The first-order valence-corrected chi connectivity index (χ1v) is 9.85. The van der Waals surface area contributed by atoms with E-state index in [0.717, 1.165) is 29.9 Å². The SMILES string of the molecule is CCN1CCN(C(=O)c2cnn3c2N[C@@H](c2ccccc2)C[C@H]3C(F)(F)F)CC1. The lowest BCUT2D eigenvalue weighted by molar-refractivity contribution is -0.173. The summed E-state index contributed by atoms with van der Waals surface area (Å²) in [7, 11) is 0. The molecule has 29 heavy (non-hydrogen) atoms. The van der Waals surface area contributed by atoms with Crippen LogP contribution in [-0.4, -0.2) is 64.4 Å². The molecular formula is C20H24F3N5O. The van der Waals surface area contributed by atoms with E-state index in [-0.39, 0.29) is 23.7 Å². The number of carbonyl (C=O) groups excluding carboxylic acids is 1. The fourth-order valence-corrected chi connectivity index (χ4v) is 4.06. The Bertz CT molecular complexity index is 859. The van der Waals surface area contributed by atoms with Crippen molar-refractivity contribution in [2.75, 3.05) is 38.0 Å². The largest absolute Gasteiger partial charge is 0.410 e. The summed E-state index contributed by atoms with van der Waals surface area (Å²) in [5.74, 6) is -0.125. The molecule has 0 aliphatic carbocycles. The van der Waals surface area contributed by atoms with Crippen molar-refractivity contribution in [3.63, 3.8) is 0 Å². The van der Waals surface area contributed by atoms with Crippen molar-refractivity contribution in [3.05, 3.63) is 47.7 Å². The molecule has 0 bridgehead atoms. The van der Waals surface area contributed by atoms with Crippen LogP contribution < -0.4 is 5.32 Å². The number of alkyl halides is 3. The number of halogens is 3. The van der Waals surface area contributed by atoms with Gasteiger partial charge in [0.15, 0.2) is 6.04 Å². The number of benzene rings is 1. The van der Waals surface area contributed by atoms with Gasteiger partial charge in [-0.05, 0) is 12.1 Å². The van der Waals surface area contributed by atoms with E-state index in [9.17, 15) is 18.0 Å². The molecule has 3 heterocycles. The van der Waals surface area contributed by atoms with Crippen LogP contribution in [0.5, 0.6) is 0 Å². The second-order valence-corrected chi connectivity index (χ2v) is 7.48. The molecule has 2 aromatic rings. The molecule has 1 aromatic carbocycles. The normalized spacial score (nSPS) is 22.8. The van der Waals surface area contributed by atoms with Crippen LogP contribution in [0.25, 0.3) is 0 Å². The van der Waals surface area contributed by atoms with Crippen molar-refractivity contribution in [1.29, 1.82) is 0 Å². The number of piperazine rings is 1. The summed E-state index contributed by atoms with van der Waals surface area (Å²) < 4.78 is 42.2. The van der Waals surface area contributed by atoms with Gasteiger partial charge in [-0.25, -0.2) is 4.68 Å². The van der Waals surface area contributed by atoms with Gasteiger partial charge in [-0.1, -0.05) is 37.3 Å². The van der Waals surface area contributed by atoms with Crippen LogP contribution >= 0.6 is 0 Å². The maximum absolute atomic E-state index is 13.8. The number of hydrogen-bond acceptors (Lipinski definition) is 4. The summed E-state index contributed by atoms with van der Waals surface area (Å²) in [5.41, 5.74) is 0.953. The van der Waals surface area contributed by atoms with Crippen LogP contribution in [0.1, 0.15) is 41.3 Å². The first-order chi connectivity index (χ1) is 13.9. The van der Waals surface area contributed by atoms with Crippen LogP contribution in [0.2, 0.25) is 0 Å². The van der Waals surface area contributed by atoms with Gasteiger partial charge in [-0.3, -0.25) is 4.79 Å². The van der Waals surface area contributed by atoms with Crippen molar-refractivity contribution in [1.82, 2.24) is 19.6 Å². The van der Waals surface area contributed by atoms with Crippen LogP contribution in [0.15, 0.2) is 36.5 Å². The predicted molar refractivity (Wildman–Crippen MR) is 103 cm³/mol. The van der Waals surface area contributed by atoms with Crippen molar-refractivity contribution >= 4 is 11.7 Å². The lowest BCUT2D eigenvalue weighted by Crippen LogP contribution is -2.48. The Hall–Kier alpha value is -2.55. The molecule has 2 aliphatic rings. The molecule has 4 rings (SSSR count). The van der Waals surface area contributed by atoms with Gasteiger partial charge in [0.2, 0.25) is 0 Å². The molecule has 1 saturated heterocycles. The third-order valence-electron chi connectivity index (χ3n) is 5.78. The second-order valence-electron chi connectivity index (χ2n) is 7.48. The summed E-state index contributed by atoms with van der Waals surface area (Å²) in [6, 6.07) is 6.68. The van der Waals surface area contributed by atoms with Crippen LogP contribution in [0, 0.1) is 0 Å². The average molecular weight is 407 g/mol. The number of rotatable bonds is 3. The van der Waals surface area contributed by atoms with Gasteiger partial charge in [0.1, 0.15) is 11.4 Å². The van der Waals surface area contributed by atoms with E-state index < -0.39 is 18.3 Å². The first kappa shape index (κ1) is 19.8. The number of nitrogens with one attached hydrogen (secondary N) is 1. The summed E-state index contributed by atoms with van der Waals surface area (Å²) >= 11 is 0. The highest BCUT2D eigenvalue weighted by Crippen LogP contribution is 2.44.